The highest BCUT2D eigenvalue weighted by atomic mass is 16.5. The van der Waals surface area contributed by atoms with E-state index in [0.717, 1.165) is 0 Å². The van der Waals surface area contributed by atoms with Crippen LogP contribution in [-0.4, -0.2) is 24.5 Å². The van der Waals surface area contributed by atoms with E-state index in [1.54, 1.807) is 0 Å². The van der Waals surface area contributed by atoms with E-state index < -0.39 is 0 Å². The number of benzene rings is 1. The van der Waals surface area contributed by atoms with Crippen molar-refractivity contribution in [2.75, 3.05) is 13.7 Å². The van der Waals surface area contributed by atoms with Gasteiger partial charge >= 0.3 is 5.97 Å². The molecule has 0 radical (unpaired) electrons. The first-order chi connectivity index (χ1) is 9.26. The van der Waals surface area contributed by atoms with Crippen LogP contribution in [0.15, 0.2) is 66.9 Å². The predicted octanol–water partition coefficient (Wildman–Crippen LogP) is 2.84. The van der Waals surface area contributed by atoms with E-state index in [-0.39, 0.29) is 12.0 Å². The molecule has 1 heterocycles. The molecule has 3 nitrogen and oxygen atoms in total. The second-order valence-electron chi connectivity index (χ2n) is 4.28. The fraction of sp³-hybridized carbons (Fsp3) is 0.188. The molecule has 0 saturated heterocycles. The van der Waals surface area contributed by atoms with Crippen molar-refractivity contribution >= 4 is 5.97 Å². The maximum absolute atomic E-state index is 11.6. The lowest BCUT2D eigenvalue weighted by Gasteiger charge is -2.31. The molecule has 0 aliphatic carbocycles. The molecule has 0 spiro atoms. The summed E-state index contributed by atoms with van der Waals surface area (Å²) < 4.78 is 4.75. The van der Waals surface area contributed by atoms with Crippen molar-refractivity contribution in [1.29, 1.82) is 0 Å². The molecule has 1 aliphatic heterocycles. The fourth-order valence-corrected chi connectivity index (χ4v) is 2.11. The molecular weight excluding hydrogens is 238 g/mol. The third kappa shape index (κ3) is 2.94. The largest absolute Gasteiger partial charge is 0.465 e. The summed E-state index contributed by atoms with van der Waals surface area (Å²) in [5.41, 5.74) is 1.73. The average molecular weight is 255 g/mol. The summed E-state index contributed by atoms with van der Waals surface area (Å²) in [4.78, 5) is 13.6. The Kier molecular flexibility index (Phi) is 4.18. The number of esters is 1. The Balaban J connectivity index is 2.28. The molecule has 1 aromatic carbocycles. The minimum absolute atomic E-state index is 0.118. The van der Waals surface area contributed by atoms with Gasteiger partial charge in [-0.25, -0.2) is 4.79 Å². The minimum atomic E-state index is -0.322. The summed E-state index contributed by atoms with van der Waals surface area (Å²) in [5.74, 6) is -0.322. The first kappa shape index (κ1) is 13.1. The molecule has 3 heteroatoms. The van der Waals surface area contributed by atoms with Crippen molar-refractivity contribution in [3.8, 4) is 0 Å². The Labute approximate surface area is 113 Å². The number of methoxy groups -OCH3 is 1. The maximum atomic E-state index is 11.6. The van der Waals surface area contributed by atoms with E-state index in [2.05, 4.69) is 23.6 Å². The van der Waals surface area contributed by atoms with Crippen LogP contribution in [0.5, 0.6) is 0 Å². The molecule has 0 bridgehead atoms. The van der Waals surface area contributed by atoms with Gasteiger partial charge in [0.1, 0.15) is 0 Å². The van der Waals surface area contributed by atoms with Crippen LogP contribution < -0.4 is 0 Å². The van der Waals surface area contributed by atoms with Gasteiger partial charge in [0.25, 0.3) is 0 Å². The number of rotatable bonds is 4. The number of carbonyl (C=O) groups excluding carboxylic acids is 1. The van der Waals surface area contributed by atoms with E-state index in [0.29, 0.717) is 12.1 Å². The zero-order chi connectivity index (χ0) is 13.7. The Hall–Kier alpha value is -2.29. The number of ether oxygens (including phenoxy) is 1. The van der Waals surface area contributed by atoms with Crippen LogP contribution in [0.1, 0.15) is 11.6 Å². The van der Waals surface area contributed by atoms with Gasteiger partial charge in [-0.2, -0.15) is 0 Å². The van der Waals surface area contributed by atoms with E-state index >= 15 is 0 Å². The third-order valence-electron chi connectivity index (χ3n) is 3.02. The van der Waals surface area contributed by atoms with Crippen molar-refractivity contribution in [1.82, 2.24) is 4.90 Å². The van der Waals surface area contributed by atoms with Crippen LogP contribution in [0.25, 0.3) is 0 Å². The first-order valence-electron chi connectivity index (χ1n) is 6.16. The predicted molar refractivity (Wildman–Crippen MR) is 75.3 cm³/mol. The van der Waals surface area contributed by atoms with Crippen LogP contribution in [-0.2, 0) is 9.53 Å². The Morgan fingerprint density at radius 2 is 2.16 bits per heavy atom. The number of nitrogens with zero attached hydrogens (tertiary/aromatic N) is 1. The second kappa shape index (κ2) is 6.05. The highest BCUT2D eigenvalue weighted by Crippen LogP contribution is 2.27. The molecule has 2 rings (SSSR count). The second-order valence-corrected chi connectivity index (χ2v) is 4.28. The summed E-state index contributed by atoms with van der Waals surface area (Å²) in [6.07, 6.45) is 7.46. The molecule has 0 amide bonds. The van der Waals surface area contributed by atoms with Crippen LogP contribution in [0, 0.1) is 0 Å². The molecule has 98 valence electrons. The smallest absolute Gasteiger partial charge is 0.339 e. The van der Waals surface area contributed by atoms with Gasteiger partial charge in [-0.1, -0.05) is 42.5 Å². The van der Waals surface area contributed by atoms with Crippen molar-refractivity contribution < 1.29 is 9.53 Å². The minimum Gasteiger partial charge on any atom is -0.465 e. The lowest BCUT2D eigenvalue weighted by atomic mass is 10.0. The lowest BCUT2D eigenvalue weighted by molar-refractivity contribution is -0.135. The van der Waals surface area contributed by atoms with Gasteiger partial charge in [-0.15, -0.1) is 6.58 Å². The number of hydrogen-bond donors (Lipinski definition) is 0. The molecule has 19 heavy (non-hydrogen) atoms. The molecule has 0 aromatic heterocycles. The van der Waals surface area contributed by atoms with Gasteiger partial charge in [0, 0.05) is 12.7 Å². The van der Waals surface area contributed by atoms with Crippen LogP contribution in [0.2, 0.25) is 0 Å². The van der Waals surface area contributed by atoms with E-state index in [4.69, 9.17) is 4.74 Å². The zero-order valence-corrected chi connectivity index (χ0v) is 11.0. The van der Waals surface area contributed by atoms with Crippen molar-refractivity contribution in [3.05, 3.63) is 72.5 Å². The van der Waals surface area contributed by atoms with Gasteiger partial charge in [-0.05, 0) is 11.6 Å². The van der Waals surface area contributed by atoms with Crippen LogP contribution >= 0.6 is 0 Å². The highest BCUT2D eigenvalue weighted by Gasteiger charge is 2.20. The zero-order valence-electron chi connectivity index (χ0n) is 11.0. The summed E-state index contributed by atoms with van der Waals surface area (Å²) >= 11 is 0. The van der Waals surface area contributed by atoms with E-state index in [9.17, 15) is 4.79 Å². The highest BCUT2D eigenvalue weighted by molar-refractivity contribution is 5.91. The average Bonchev–Trinajstić information content (AvgIpc) is 2.47. The maximum Gasteiger partial charge on any atom is 0.339 e. The Bertz CT molecular complexity index is 517. The molecule has 0 N–H and O–H groups in total. The fourth-order valence-electron chi connectivity index (χ4n) is 2.11. The summed E-state index contributed by atoms with van der Waals surface area (Å²) in [5, 5.41) is 0. The third-order valence-corrected chi connectivity index (χ3v) is 3.02. The normalized spacial score (nSPS) is 17.8. The SMILES string of the molecule is C=CCN1C=C(C(=O)OC)C=CC1c1ccccc1. The molecular formula is C16H17NO2. The Morgan fingerprint density at radius 1 is 1.42 bits per heavy atom. The van der Waals surface area contributed by atoms with Gasteiger partial charge in [0.05, 0.1) is 18.7 Å². The molecule has 1 atom stereocenters. The van der Waals surface area contributed by atoms with Gasteiger partial charge in [0.15, 0.2) is 0 Å². The summed E-state index contributed by atoms with van der Waals surface area (Å²) in [7, 11) is 1.39. The molecule has 1 aliphatic rings. The van der Waals surface area contributed by atoms with E-state index in [1.807, 2.05) is 42.6 Å². The Morgan fingerprint density at radius 3 is 2.79 bits per heavy atom. The van der Waals surface area contributed by atoms with Crippen molar-refractivity contribution in [2.24, 2.45) is 0 Å². The van der Waals surface area contributed by atoms with Crippen LogP contribution in [0.4, 0.5) is 0 Å². The molecule has 0 saturated carbocycles. The van der Waals surface area contributed by atoms with Gasteiger partial charge in [-0.3, -0.25) is 0 Å². The lowest BCUT2D eigenvalue weighted by Crippen LogP contribution is -2.26. The number of carbonyl (C=O) groups is 1. The molecule has 1 unspecified atom stereocenters. The number of hydrogen-bond acceptors (Lipinski definition) is 3. The van der Waals surface area contributed by atoms with E-state index in [1.165, 1.54) is 12.7 Å². The topological polar surface area (TPSA) is 29.5 Å². The first-order valence-corrected chi connectivity index (χ1v) is 6.16. The molecule has 0 fully saturated rings. The van der Waals surface area contributed by atoms with Crippen LogP contribution in [0.3, 0.4) is 0 Å². The molecule has 1 aromatic rings. The standard InChI is InChI=1S/C16H17NO2/c1-3-11-17-12-14(16(18)19-2)9-10-15(17)13-7-5-4-6-8-13/h3-10,12,15H,1,11H2,2H3. The summed E-state index contributed by atoms with van der Waals surface area (Å²) in [6, 6.07) is 10.3. The monoisotopic (exact) mass is 255 g/mol. The quantitative estimate of drug-likeness (QED) is 0.612. The summed E-state index contributed by atoms with van der Waals surface area (Å²) in [6.45, 7) is 4.43. The van der Waals surface area contributed by atoms with Crippen molar-refractivity contribution in [2.45, 2.75) is 6.04 Å². The van der Waals surface area contributed by atoms with Gasteiger partial charge in [0.2, 0.25) is 0 Å². The van der Waals surface area contributed by atoms with Gasteiger partial charge < -0.3 is 9.64 Å². The van der Waals surface area contributed by atoms with Crippen molar-refractivity contribution in [3.63, 3.8) is 0 Å².